The number of guanidine groups is 1. The van der Waals surface area contributed by atoms with E-state index in [1.807, 2.05) is 12.1 Å². The zero-order chi connectivity index (χ0) is 22.1. The number of nitrogens with zero attached hydrogens (tertiary/aromatic N) is 2. The van der Waals surface area contributed by atoms with Gasteiger partial charge in [0.25, 0.3) is 0 Å². The molecule has 6 nitrogen and oxygen atoms in total. The first-order valence-electron chi connectivity index (χ1n) is 11.0. The Hall–Kier alpha value is -1.65. The highest BCUT2D eigenvalue weighted by Crippen LogP contribution is 2.25. The summed E-state index contributed by atoms with van der Waals surface area (Å²) in [6.07, 6.45) is 3.03. The lowest BCUT2D eigenvalue weighted by Gasteiger charge is -2.30. The molecule has 1 heterocycles. The minimum atomic E-state index is -3.08. The van der Waals surface area contributed by atoms with Crippen LogP contribution < -0.4 is 10.6 Å². The maximum absolute atomic E-state index is 11.7. The van der Waals surface area contributed by atoms with E-state index >= 15 is 0 Å². The van der Waals surface area contributed by atoms with Gasteiger partial charge in [0, 0.05) is 32.1 Å². The van der Waals surface area contributed by atoms with Crippen LogP contribution in [-0.4, -0.2) is 57.7 Å². The molecule has 0 radical (unpaired) electrons. The first-order chi connectivity index (χ1) is 15.0. The van der Waals surface area contributed by atoms with Crippen molar-refractivity contribution in [2.24, 2.45) is 10.9 Å². The molecule has 0 aromatic heterocycles. The van der Waals surface area contributed by atoms with Gasteiger partial charge < -0.3 is 10.6 Å². The molecule has 0 amide bonds. The van der Waals surface area contributed by atoms with Gasteiger partial charge in [0.1, 0.15) is 0 Å². The van der Waals surface area contributed by atoms with Gasteiger partial charge in [0.2, 0.25) is 10.0 Å². The van der Waals surface area contributed by atoms with E-state index in [0.717, 1.165) is 31.9 Å². The van der Waals surface area contributed by atoms with Crippen LogP contribution in [0.4, 0.5) is 0 Å². The van der Waals surface area contributed by atoms with Crippen LogP contribution >= 0.6 is 24.0 Å². The number of benzene rings is 2. The van der Waals surface area contributed by atoms with Gasteiger partial charge in [-0.05, 0) is 36.8 Å². The van der Waals surface area contributed by atoms with Crippen molar-refractivity contribution in [3.05, 3.63) is 71.8 Å². The van der Waals surface area contributed by atoms with E-state index < -0.39 is 10.0 Å². The zero-order valence-electron chi connectivity index (χ0n) is 18.9. The summed E-state index contributed by atoms with van der Waals surface area (Å²) in [4.78, 5) is 4.89. The van der Waals surface area contributed by atoms with Gasteiger partial charge in [0.15, 0.2) is 5.96 Å². The third-order valence-corrected chi connectivity index (χ3v) is 7.08. The monoisotopic (exact) mass is 570 g/mol. The van der Waals surface area contributed by atoms with Gasteiger partial charge in [-0.2, -0.15) is 0 Å². The fraction of sp³-hybridized carbons (Fsp3) is 0.458. The van der Waals surface area contributed by atoms with E-state index in [1.165, 1.54) is 17.4 Å². The highest BCUT2D eigenvalue weighted by Gasteiger charge is 2.24. The summed E-state index contributed by atoms with van der Waals surface area (Å²) in [5.74, 6) is 1.45. The van der Waals surface area contributed by atoms with E-state index in [0.29, 0.717) is 25.6 Å². The topological polar surface area (TPSA) is 73.8 Å². The molecule has 2 aromatic rings. The van der Waals surface area contributed by atoms with Crippen LogP contribution in [0.15, 0.2) is 65.7 Å². The molecule has 0 unspecified atom stereocenters. The van der Waals surface area contributed by atoms with Gasteiger partial charge >= 0.3 is 0 Å². The van der Waals surface area contributed by atoms with Gasteiger partial charge in [-0.25, -0.2) is 12.7 Å². The van der Waals surface area contributed by atoms with E-state index in [2.05, 4.69) is 66.1 Å². The number of aliphatic imine (C=N–C) groups is 1. The summed E-state index contributed by atoms with van der Waals surface area (Å²) in [7, 11) is -3.08. The average Bonchev–Trinajstić information content (AvgIpc) is 2.78. The summed E-state index contributed by atoms with van der Waals surface area (Å²) in [5.41, 5.74) is 2.50. The lowest BCUT2D eigenvalue weighted by molar-refractivity contribution is 0.275. The Balaban J connectivity index is 0.00000363. The number of piperidine rings is 1. The molecule has 2 N–H and O–H groups in total. The normalized spacial score (nSPS) is 15.9. The van der Waals surface area contributed by atoms with Crippen molar-refractivity contribution in [1.29, 1.82) is 0 Å². The van der Waals surface area contributed by atoms with Crippen molar-refractivity contribution in [2.45, 2.75) is 25.7 Å². The number of rotatable bonds is 8. The van der Waals surface area contributed by atoms with Crippen molar-refractivity contribution in [3.8, 4) is 0 Å². The second-order valence-electron chi connectivity index (χ2n) is 8.08. The van der Waals surface area contributed by atoms with E-state index in [1.54, 1.807) is 4.31 Å². The predicted molar refractivity (Wildman–Crippen MR) is 143 cm³/mol. The third-order valence-electron chi connectivity index (χ3n) is 5.78. The van der Waals surface area contributed by atoms with Crippen molar-refractivity contribution in [3.63, 3.8) is 0 Å². The molecule has 1 aliphatic heterocycles. The smallest absolute Gasteiger partial charge is 0.211 e. The van der Waals surface area contributed by atoms with Crippen LogP contribution in [0, 0.1) is 5.92 Å². The predicted octanol–water partition coefficient (Wildman–Crippen LogP) is 3.66. The molecular weight excluding hydrogens is 535 g/mol. The molecule has 8 heteroatoms. The molecule has 1 aliphatic rings. The highest BCUT2D eigenvalue weighted by molar-refractivity contribution is 14.0. The zero-order valence-corrected chi connectivity index (χ0v) is 22.1. The Labute approximate surface area is 210 Å². The molecular formula is C24H35IN4O2S. The van der Waals surface area contributed by atoms with Crippen LogP contribution in [0.3, 0.4) is 0 Å². The second kappa shape index (κ2) is 13.2. The molecule has 176 valence electrons. The molecule has 1 fully saturated rings. The summed E-state index contributed by atoms with van der Waals surface area (Å²) in [5, 5.41) is 6.82. The van der Waals surface area contributed by atoms with Gasteiger partial charge in [-0.1, -0.05) is 60.7 Å². The highest BCUT2D eigenvalue weighted by atomic mass is 127. The van der Waals surface area contributed by atoms with Crippen molar-refractivity contribution < 1.29 is 8.42 Å². The van der Waals surface area contributed by atoms with Crippen LogP contribution in [0.25, 0.3) is 0 Å². The third kappa shape index (κ3) is 8.04. The van der Waals surface area contributed by atoms with Gasteiger partial charge in [-0.15, -0.1) is 24.0 Å². The number of hydrogen-bond donors (Lipinski definition) is 2. The Kier molecular flexibility index (Phi) is 10.9. The van der Waals surface area contributed by atoms with Crippen LogP contribution in [0.5, 0.6) is 0 Å². The van der Waals surface area contributed by atoms with Crippen LogP contribution in [0.1, 0.15) is 36.8 Å². The summed E-state index contributed by atoms with van der Waals surface area (Å²) < 4.78 is 25.0. The SMILES string of the molecule is CCNC(=NCC(c1ccccc1)c1ccccc1)NCC1CCN(S(C)(=O)=O)CC1.I. The maximum atomic E-state index is 11.7. The standard InChI is InChI=1S/C24H34N4O2S.HI/c1-3-25-24(26-18-20-14-16-28(17-15-20)31(2,29)30)27-19-23(21-10-6-4-7-11-21)22-12-8-5-9-13-22;/h4-13,20,23H,3,14-19H2,1-2H3,(H2,25,26,27);1H. The van der Waals surface area contributed by atoms with Gasteiger partial charge in [-0.3, -0.25) is 4.99 Å². The fourth-order valence-corrected chi connectivity index (χ4v) is 4.86. The Morgan fingerprint density at radius 3 is 2.00 bits per heavy atom. The minimum Gasteiger partial charge on any atom is -0.357 e. The maximum Gasteiger partial charge on any atom is 0.211 e. The van der Waals surface area contributed by atoms with Crippen molar-refractivity contribution in [2.75, 3.05) is 39.0 Å². The van der Waals surface area contributed by atoms with E-state index in [-0.39, 0.29) is 29.9 Å². The summed E-state index contributed by atoms with van der Waals surface area (Å²) >= 11 is 0. The number of sulfonamides is 1. The largest absolute Gasteiger partial charge is 0.357 e. The molecule has 32 heavy (non-hydrogen) atoms. The van der Waals surface area contributed by atoms with E-state index in [9.17, 15) is 8.42 Å². The number of hydrogen-bond acceptors (Lipinski definition) is 3. The molecule has 2 aromatic carbocycles. The average molecular weight is 571 g/mol. The minimum absolute atomic E-state index is 0. The molecule has 0 atom stereocenters. The molecule has 1 saturated heterocycles. The summed E-state index contributed by atoms with van der Waals surface area (Å²) in [6.45, 7) is 5.50. The Morgan fingerprint density at radius 1 is 1.00 bits per heavy atom. The fourth-order valence-electron chi connectivity index (χ4n) is 3.98. The first kappa shape index (κ1) is 26.6. The Bertz CT molecular complexity index is 891. The lowest BCUT2D eigenvalue weighted by atomic mass is 9.91. The molecule has 0 saturated carbocycles. The quantitative estimate of drug-likeness (QED) is 0.289. The first-order valence-corrected chi connectivity index (χ1v) is 12.9. The lowest BCUT2D eigenvalue weighted by Crippen LogP contribution is -2.44. The Morgan fingerprint density at radius 2 is 1.53 bits per heavy atom. The molecule has 0 bridgehead atoms. The van der Waals surface area contributed by atoms with Crippen LogP contribution in [-0.2, 0) is 10.0 Å². The molecule has 0 spiro atoms. The number of halogens is 1. The molecule has 0 aliphatic carbocycles. The van der Waals surface area contributed by atoms with Crippen molar-refractivity contribution in [1.82, 2.24) is 14.9 Å². The number of nitrogens with one attached hydrogen (secondary N) is 2. The van der Waals surface area contributed by atoms with Crippen molar-refractivity contribution >= 4 is 40.0 Å². The summed E-state index contributed by atoms with van der Waals surface area (Å²) in [6, 6.07) is 21.0. The second-order valence-corrected chi connectivity index (χ2v) is 10.1. The molecule has 3 rings (SSSR count). The van der Waals surface area contributed by atoms with Crippen LogP contribution in [0.2, 0.25) is 0 Å². The van der Waals surface area contributed by atoms with Gasteiger partial charge in [0.05, 0.1) is 12.8 Å². The van der Waals surface area contributed by atoms with E-state index in [4.69, 9.17) is 4.99 Å².